The molecule has 0 radical (unpaired) electrons. The Morgan fingerprint density at radius 2 is 2.04 bits per heavy atom. The van der Waals surface area contributed by atoms with Crippen LogP contribution in [-0.2, 0) is 6.54 Å². The van der Waals surface area contributed by atoms with Gasteiger partial charge in [0.15, 0.2) is 5.82 Å². The summed E-state index contributed by atoms with van der Waals surface area (Å²) in [4.78, 5) is 14.4. The number of hydrogen-bond acceptors (Lipinski definition) is 4. The van der Waals surface area contributed by atoms with E-state index in [0.717, 1.165) is 32.5 Å². The zero-order valence-electron chi connectivity index (χ0n) is 13.3. The molecule has 1 fully saturated rings. The van der Waals surface area contributed by atoms with Crippen molar-refractivity contribution in [3.63, 3.8) is 0 Å². The van der Waals surface area contributed by atoms with Gasteiger partial charge >= 0.3 is 6.03 Å². The highest BCUT2D eigenvalue weighted by Gasteiger charge is 2.21. The number of aryl methyl sites for hydroxylation is 1. The first-order valence-corrected chi connectivity index (χ1v) is 7.96. The predicted molar refractivity (Wildman–Crippen MR) is 88.1 cm³/mol. The number of benzene rings is 1. The van der Waals surface area contributed by atoms with Gasteiger partial charge in [0.2, 0.25) is 0 Å². The maximum Gasteiger partial charge on any atom is 0.320 e. The highest BCUT2D eigenvalue weighted by Crippen LogP contribution is 2.14. The van der Waals surface area contributed by atoms with Crippen LogP contribution in [0.5, 0.6) is 0 Å². The van der Waals surface area contributed by atoms with Crippen molar-refractivity contribution >= 4 is 11.8 Å². The zero-order valence-corrected chi connectivity index (χ0v) is 13.3. The topological polar surface area (TPSA) is 70.4 Å². The SMILES string of the molecule is Cc1cc(NC(=O)NC2CCN(Cc3ccccc3)CC2)no1. The molecule has 0 spiro atoms. The van der Waals surface area contributed by atoms with Gasteiger partial charge in [0, 0.05) is 31.7 Å². The average molecular weight is 314 g/mol. The van der Waals surface area contributed by atoms with E-state index in [-0.39, 0.29) is 12.1 Å². The number of nitrogens with one attached hydrogen (secondary N) is 2. The Labute approximate surface area is 135 Å². The van der Waals surface area contributed by atoms with Crippen LogP contribution in [0.1, 0.15) is 24.2 Å². The highest BCUT2D eigenvalue weighted by atomic mass is 16.5. The molecule has 23 heavy (non-hydrogen) atoms. The van der Waals surface area contributed by atoms with E-state index in [4.69, 9.17) is 4.52 Å². The number of carbonyl (C=O) groups excluding carboxylic acids is 1. The molecule has 6 heteroatoms. The number of aromatic nitrogens is 1. The minimum Gasteiger partial charge on any atom is -0.360 e. The second-order valence-electron chi connectivity index (χ2n) is 5.96. The Morgan fingerprint density at radius 3 is 2.70 bits per heavy atom. The standard InChI is InChI=1S/C17H22N4O2/c1-13-11-16(20-23-13)19-17(22)18-15-7-9-21(10-8-15)12-14-5-3-2-4-6-14/h2-6,11,15H,7-10,12H2,1H3,(H2,18,19,20,22). The Morgan fingerprint density at radius 1 is 1.30 bits per heavy atom. The lowest BCUT2D eigenvalue weighted by molar-refractivity contribution is 0.190. The van der Waals surface area contributed by atoms with Crippen molar-refractivity contribution in [2.24, 2.45) is 0 Å². The fourth-order valence-corrected chi connectivity index (χ4v) is 2.84. The first-order chi connectivity index (χ1) is 11.2. The lowest BCUT2D eigenvalue weighted by Gasteiger charge is -2.32. The highest BCUT2D eigenvalue weighted by molar-refractivity contribution is 5.88. The summed E-state index contributed by atoms with van der Waals surface area (Å²) in [5.74, 6) is 1.12. The molecule has 0 unspecified atom stereocenters. The number of anilines is 1. The smallest absolute Gasteiger partial charge is 0.320 e. The first kappa shape index (κ1) is 15.6. The maximum absolute atomic E-state index is 11.9. The summed E-state index contributed by atoms with van der Waals surface area (Å²) >= 11 is 0. The number of urea groups is 1. The van der Waals surface area contributed by atoms with Crippen molar-refractivity contribution < 1.29 is 9.32 Å². The van der Waals surface area contributed by atoms with E-state index in [1.54, 1.807) is 13.0 Å². The van der Waals surface area contributed by atoms with E-state index in [1.807, 2.05) is 6.07 Å². The van der Waals surface area contributed by atoms with Gasteiger partial charge in [-0.05, 0) is 25.3 Å². The van der Waals surface area contributed by atoms with Gasteiger partial charge in [0.05, 0.1) is 0 Å². The van der Waals surface area contributed by atoms with Gasteiger partial charge < -0.3 is 9.84 Å². The third-order valence-corrected chi connectivity index (χ3v) is 4.04. The minimum absolute atomic E-state index is 0.204. The van der Waals surface area contributed by atoms with Crippen LogP contribution in [0.4, 0.5) is 10.6 Å². The van der Waals surface area contributed by atoms with E-state index in [1.165, 1.54) is 5.56 Å². The van der Waals surface area contributed by atoms with Gasteiger partial charge in [0.25, 0.3) is 0 Å². The molecule has 6 nitrogen and oxygen atoms in total. The minimum atomic E-state index is -0.222. The number of carbonyl (C=O) groups is 1. The Bertz CT molecular complexity index is 633. The monoisotopic (exact) mass is 314 g/mol. The van der Waals surface area contributed by atoms with Crippen LogP contribution in [0, 0.1) is 6.92 Å². The van der Waals surface area contributed by atoms with Crippen LogP contribution in [0.2, 0.25) is 0 Å². The summed E-state index contributed by atoms with van der Waals surface area (Å²) in [5.41, 5.74) is 1.33. The molecule has 1 aromatic carbocycles. The largest absolute Gasteiger partial charge is 0.360 e. The summed E-state index contributed by atoms with van der Waals surface area (Å²) < 4.78 is 4.93. The summed E-state index contributed by atoms with van der Waals surface area (Å²) in [7, 11) is 0. The fraction of sp³-hybridized carbons (Fsp3) is 0.412. The number of amides is 2. The molecular weight excluding hydrogens is 292 g/mol. The zero-order chi connectivity index (χ0) is 16.1. The molecule has 1 saturated heterocycles. The summed E-state index contributed by atoms with van der Waals surface area (Å²) in [5, 5.41) is 9.45. The van der Waals surface area contributed by atoms with Gasteiger partial charge in [-0.1, -0.05) is 35.5 Å². The molecule has 0 aliphatic carbocycles. The maximum atomic E-state index is 11.9. The molecule has 3 rings (SSSR count). The van der Waals surface area contributed by atoms with Gasteiger partial charge in [0.1, 0.15) is 5.76 Å². The Kier molecular flexibility index (Phi) is 4.92. The molecule has 122 valence electrons. The van der Waals surface area contributed by atoms with Crippen LogP contribution in [0.15, 0.2) is 40.9 Å². The average Bonchev–Trinajstić information content (AvgIpc) is 2.95. The molecular formula is C17H22N4O2. The molecule has 2 aromatic rings. The van der Waals surface area contributed by atoms with Crippen molar-refractivity contribution in [1.82, 2.24) is 15.4 Å². The number of rotatable bonds is 4. The second-order valence-corrected chi connectivity index (χ2v) is 5.96. The first-order valence-electron chi connectivity index (χ1n) is 7.96. The summed E-state index contributed by atoms with van der Waals surface area (Å²) in [6.07, 6.45) is 1.91. The molecule has 0 bridgehead atoms. The molecule has 0 atom stereocenters. The normalized spacial score (nSPS) is 16.2. The Balaban J connectivity index is 1.41. The second kappa shape index (κ2) is 7.28. The van der Waals surface area contributed by atoms with Crippen molar-refractivity contribution in [3.05, 3.63) is 47.7 Å². The third kappa shape index (κ3) is 4.56. The number of likely N-dealkylation sites (tertiary alicyclic amines) is 1. The molecule has 0 saturated carbocycles. The number of piperidine rings is 1. The molecule has 1 aliphatic heterocycles. The van der Waals surface area contributed by atoms with Crippen LogP contribution < -0.4 is 10.6 Å². The van der Waals surface area contributed by atoms with Crippen LogP contribution in [-0.4, -0.2) is 35.2 Å². The van der Waals surface area contributed by atoms with Crippen molar-refractivity contribution in [2.45, 2.75) is 32.4 Å². The van der Waals surface area contributed by atoms with Crippen molar-refractivity contribution in [2.75, 3.05) is 18.4 Å². The third-order valence-electron chi connectivity index (χ3n) is 4.04. The molecule has 1 aromatic heterocycles. The van der Waals surface area contributed by atoms with Crippen molar-refractivity contribution in [3.8, 4) is 0 Å². The fourth-order valence-electron chi connectivity index (χ4n) is 2.84. The summed E-state index contributed by atoms with van der Waals surface area (Å²) in [6.45, 7) is 4.74. The lowest BCUT2D eigenvalue weighted by Crippen LogP contribution is -2.45. The molecule has 2 heterocycles. The van der Waals surface area contributed by atoms with E-state index < -0.39 is 0 Å². The predicted octanol–water partition coefficient (Wildman–Crippen LogP) is 2.77. The number of nitrogens with zero attached hydrogens (tertiary/aromatic N) is 2. The van der Waals surface area contributed by atoms with Gasteiger partial charge in [-0.2, -0.15) is 0 Å². The van der Waals surface area contributed by atoms with E-state index in [9.17, 15) is 4.79 Å². The summed E-state index contributed by atoms with van der Waals surface area (Å²) in [6, 6.07) is 12.2. The number of hydrogen-bond donors (Lipinski definition) is 2. The molecule has 2 N–H and O–H groups in total. The van der Waals surface area contributed by atoms with Crippen LogP contribution >= 0.6 is 0 Å². The quantitative estimate of drug-likeness (QED) is 0.910. The van der Waals surface area contributed by atoms with Gasteiger partial charge in [-0.15, -0.1) is 0 Å². The van der Waals surface area contributed by atoms with Gasteiger partial charge in [-0.25, -0.2) is 4.79 Å². The van der Waals surface area contributed by atoms with Crippen molar-refractivity contribution in [1.29, 1.82) is 0 Å². The van der Waals surface area contributed by atoms with Crippen LogP contribution in [0.3, 0.4) is 0 Å². The lowest BCUT2D eigenvalue weighted by atomic mass is 10.0. The van der Waals surface area contributed by atoms with Crippen LogP contribution in [0.25, 0.3) is 0 Å². The van der Waals surface area contributed by atoms with Gasteiger partial charge in [-0.3, -0.25) is 10.2 Å². The van der Waals surface area contributed by atoms with E-state index in [2.05, 4.69) is 45.0 Å². The Hall–Kier alpha value is -2.34. The molecule has 1 aliphatic rings. The van der Waals surface area contributed by atoms with E-state index in [0.29, 0.717) is 11.6 Å². The van der Waals surface area contributed by atoms with E-state index >= 15 is 0 Å². The molecule has 2 amide bonds.